The summed E-state index contributed by atoms with van der Waals surface area (Å²) >= 11 is 0. The predicted octanol–water partition coefficient (Wildman–Crippen LogP) is 2.55. The van der Waals surface area contributed by atoms with Crippen LogP contribution >= 0.6 is 0 Å². The highest BCUT2D eigenvalue weighted by atomic mass is 16.5. The fraction of sp³-hybridized carbons (Fsp3) is 0.611. The van der Waals surface area contributed by atoms with Gasteiger partial charge in [0.15, 0.2) is 0 Å². The van der Waals surface area contributed by atoms with E-state index < -0.39 is 0 Å². The zero-order valence-corrected chi connectivity index (χ0v) is 13.9. The van der Waals surface area contributed by atoms with Crippen LogP contribution < -0.4 is 5.32 Å². The minimum atomic E-state index is -0.0238. The fourth-order valence-electron chi connectivity index (χ4n) is 2.75. The van der Waals surface area contributed by atoms with E-state index in [4.69, 9.17) is 9.47 Å². The number of nitrogens with one attached hydrogen (secondary N) is 1. The SMILES string of the molecule is CCO[C@@H]1COCC[C@H]1NC(=O)CCc1ccc(C)c(C)c1. The number of hydrogen-bond donors (Lipinski definition) is 1. The van der Waals surface area contributed by atoms with Gasteiger partial charge in [0.1, 0.15) is 6.10 Å². The first-order valence-electron chi connectivity index (χ1n) is 8.15. The van der Waals surface area contributed by atoms with Crippen molar-refractivity contribution in [3.63, 3.8) is 0 Å². The number of hydrogen-bond acceptors (Lipinski definition) is 3. The van der Waals surface area contributed by atoms with Gasteiger partial charge in [0.2, 0.25) is 5.91 Å². The standard InChI is InChI=1S/C18H27NO3/c1-4-22-17-12-21-10-9-16(17)19-18(20)8-7-15-6-5-13(2)14(3)11-15/h5-6,11,16-17H,4,7-10,12H2,1-3H3,(H,19,20)/t16-,17-/m1/s1. The number of aryl methyl sites for hydroxylation is 3. The van der Waals surface area contributed by atoms with Crippen LogP contribution in [0.5, 0.6) is 0 Å². The molecule has 0 unspecified atom stereocenters. The first-order valence-corrected chi connectivity index (χ1v) is 8.15. The summed E-state index contributed by atoms with van der Waals surface area (Å²) in [5.41, 5.74) is 3.78. The normalized spacial score (nSPS) is 21.6. The van der Waals surface area contributed by atoms with Gasteiger partial charge >= 0.3 is 0 Å². The van der Waals surface area contributed by atoms with Gasteiger partial charge in [0.05, 0.1) is 12.6 Å². The zero-order chi connectivity index (χ0) is 15.9. The van der Waals surface area contributed by atoms with Crippen LogP contribution in [0.1, 0.15) is 36.5 Å². The largest absolute Gasteiger partial charge is 0.379 e. The molecule has 1 N–H and O–H groups in total. The molecular formula is C18H27NO3. The van der Waals surface area contributed by atoms with Crippen molar-refractivity contribution < 1.29 is 14.3 Å². The van der Waals surface area contributed by atoms with Crippen LogP contribution in [0.4, 0.5) is 0 Å². The Labute approximate surface area is 133 Å². The highest BCUT2D eigenvalue weighted by Crippen LogP contribution is 2.13. The summed E-state index contributed by atoms with van der Waals surface area (Å²) in [5.74, 6) is 0.0924. The van der Waals surface area contributed by atoms with Gasteiger partial charge in [-0.25, -0.2) is 0 Å². The van der Waals surface area contributed by atoms with Crippen molar-refractivity contribution in [3.05, 3.63) is 34.9 Å². The molecule has 1 aliphatic heterocycles. The van der Waals surface area contributed by atoms with Gasteiger partial charge in [0.25, 0.3) is 0 Å². The number of rotatable bonds is 6. The van der Waals surface area contributed by atoms with Crippen molar-refractivity contribution in [2.75, 3.05) is 19.8 Å². The van der Waals surface area contributed by atoms with Crippen molar-refractivity contribution in [1.82, 2.24) is 5.32 Å². The van der Waals surface area contributed by atoms with E-state index in [0.717, 1.165) is 12.8 Å². The van der Waals surface area contributed by atoms with Gasteiger partial charge in [-0.2, -0.15) is 0 Å². The Kier molecular flexibility index (Phi) is 6.40. The molecule has 1 amide bonds. The summed E-state index contributed by atoms with van der Waals surface area (Å²) < 4.78 is 11.1. The van der Waals surface area contributed by atoms with Crippen LogP contribution in [0.2, 0.25) is 0 Å². The molecule has 0 bridgehead atoms. The molecule has 2 atom stereocenters. The van der Waals surface area contributed by atoms with Crippen LogP contribution in [-0.2, 0) is 20.7 Å². The van der Waals surface area contributed by atoms with E-state index in [1.807, 2.05) is 6.92 Å². The molecule has 4 heteroatoms. The Morgan fingerprint density at radius 1 is 1.36 bits per heavy atom. The molecule has 0 saturated carbocycles. The first kappa shape index (κ1) is 17.0. The van der Waals surface area contributed by atoms with E-state index in [-0.39, 0.29) is 18.1 Å². The number of amides is 1. The lowest BCUT2D eigenvalue weighted by molar-refractivity contribution is -0.125. The van der Waals surface area contributed by atoms with Crippen LogP contribution in [0, 0.1) is 13.8 Å². The molecular weight excluding hydrogens is 278 g/mol. The molecule has 1 aliphatic rings. The van der Waals surface area contributed by atoms with Crippen LogP contribution in [0.15, 0.2) is 18.2 Å². The second-order valence-electron chi connectivity index (χ2n) is 5.95. The van der Waals surface area contributed by atoms with Gasteiger partial charge in [-0.15, -0.1) is 0 Å². The fourth-order valence-corrected chi connectivity index (χ4v) is 2.75. The van der Waals surface area contributed by atoms with E-state index in [1.165, 1.54) is 16.7 Å². The summed E-state index contributed by atoms with van der Waals surface area (Å²) in [6.07, 6.45) is 2.08. The molecule has 0 aromatic heterocycles. The van der Waals surface area contributed by atoms with Gasteiger partial charge < -0.3 is 14.8 Å². The zero-order valence-electron chi connectivity index (χ0n) is 13.9. The maximum atomic E-state index is 12.2. The summed E-state index contributed by atoms with van der Waals surface area (Å²) in [6.45, 7) is 8.07. The van der Waals surface area contributed by atoms with Crippen LogP contribution in [0.25, 0.3) is 0 Å². The van der Waals surface area contributed by atoms with Crippen molar-refractivity contribution in [3.8, 4) is 0 Å². The lowest BCUT2D eigenvalue weighted by Gasteiger charge is -2.31. The summed E-state index contributed by atoms with van der Waals surface area (Å²) in [4.78, 5) is 12.2. The predicted molar refractivity (Wildman–Crippen MR) is 87.0 cm³/mol. The second kappa shape index (κ2) is 8.30. The molecule has 0 radical (unpaired) electrons. The Bertz CT molecular complexity index is 499. The number of carbonyl (C=O) groups is 1. The van der Waals surface area contributed by atoms with E-state index in [9.17, 15) is 4.79 Å². The average molecular weight is 305 g/mol. The Hall–Kier alpha value is -1.39. The molecule has 22 heavy (non-hydrogen) atoms. The monoisotopic (exact) mass is 305 g/mol. The van der Waals surface area contributed by atoms with Crippen molar-refractivity contribution in [2.24, 2.45) is 0 Å². The van der Waals surface area contributed by atoms with Crippen LogP contribution in [0.3, 0.4) is 0 Å². The van der Waals surface area contributed by atoms with E-state index >= 15 is 0 Å². The Morgan fingerprint density at radius 3 is 2.91 bits per heavy atom. The van der Waals surface area contributed by atoms with Crippen LogP contribution in [-0.4, -0.2) is 37.9 Å². The molecule has 1 fully saturated rings. The van der Waals surface area contributed by atoms with E-state index in [2.05, 4.69) is 37.4 Å². The molecule has 1 aromatic rings. The molecule has 1 saturated heterocycles. The lowest BCUT2D eigenvalue weighted by atomic mass is 10.0. The van der Waals surface area contributed by atoms with E-state index in [1.54, 1.807) is 0 Å². The molecule has 122 valence electrons. The highest BCUT2D eigenvalue weighted by Gasteiger charge is 2.27. The van der Waals surface area contributed by atoms with Crippen molar-refractivity contribution in [1.29, 1.82) is 0 Å². The topological polar surface area (TPSA) is 47.6 Å². The molecule has 1 aromatic carbocycles. The second-order valence-corrected chi connectivity index (χ2v) is 5.95. The van der Waals surface area contributed by atoms with Crippen molar-refractivity contribution in [2.45, 2.75) is 52.2 Å². The third kappa shape index (κ3) is 4.82. The molecule has 2 rings (SSSR count). The van der Waals surface area contributed by atoms with Crippen molar-refractivity contribution >= 4 is 5.91 Å². The third-order valence-electron chi connectivity index (χ3n) is 4.24. The van der Waals surface area contributed by atoms with Gasteiger partial charge in [-0.3, -0.25) is 4.79 Å². The Morgan fingerprint density at radius 2 is 2.18 bits per heavy atom. The minimum absolute atomic E-state index is 0.0238. The quantitative estimate of drug-likeness (QED) is 0.878. The molecule has 4 nitrogen and oxygen atoms in total. The van der Waals surface area contributed by atoms with Gasteiger partial charge in [-0.05, 0) is 50.3 Å². The molecule has 0 spiro atoms. The summed E-state index contributed by atoms with van der Waals surface area (Å²) in [6, 6.07) is 6.46. The third-order valence-corrected chi connectivity index (χ3v) is 4.24. The average Bonchev–Trinajstić information content (AvgIpc) is 2.51. The first-order chi connectivity index (χ1) is 10.6. The number of carbonyl (C=O) groups excluding carboxylic acids is 1. The lowest BCUT2D eigenvalue weighted by Crippen LogP contribution is -2.50. The van der Waals surface area contributed by atoms with E-state index in [0.29, 0.717) is 26.2 Å². The maximum Gasteiger partial charge on any atom is 0.220 e. The summed E-state index contributed by atoms with van der Waals surface area (Å²) in [7, 11) is 0. The Balaban J connectivity index is 1.82. The minimum Gasteiger partial charge on any atom is -0.379 e. The molecule has 0 aliphatic carbocycles. The number of benzene rings is 1. The molecule has 1 heterocycles. The van der Waals surface area contributed by atoms with Gasteiger partial charge in [-0.1, -0.05) is 18.2 Å². The smallest absolute Gasteiger partial charge is 0.220 e. The number of ether oxygens (including phenoxy) is 2. The highest BCUT2D eigenvalue weighted by molar-refractivity contribution is 5.76. The maximum absolute atomic E-state index is 12.2. The summed E-state index contributed by atoms with van der Waals surface area (Å²) in [5, 5.41) is 3.11. The van der Waals surface area contributed by atoms with Gasteiger partial charge in [0, 0.05) is 19.6 Å².